The van der Waals surface area contributed by atoms with Gasteiger partial charge < -0.3 is 9.13 Å². The summed E-state index contributed by atoms with van der Waals surface area (Å²) in [5.41, 5.74) is 2.09. The van der Waals surface area contributed by atoms with Gasteiger partial charge in [-0.2, -0.15) is 0 Å². The Kier molecular flexibility index (Phi) is 1.95. The van der Waals surface area contributed by atoms with Crippen molar-refractivity contribution in [3.05, 3.63) is 23.5 Å². The number of rotatable bonds is 1. The number of halogens is 1. The van der Waals surface area contributed by atoms with Crippen molar-refractivity contribution in [1.29, 1.82) is 0 Å². The molecule has 0 aliphatic heterocycles. The highest BCUT2D eigenvalue weighted by molar-refractivity contribution is 9.10. The molecule has 0 fully saturated rings. The van der Waals surface area contributed by atoms with Crippen LogP contribution in [0.4, 0.5) is 0 Å². The monoisotopic (exact) mass is 240 g/mol. The van der Waals surface area contributed by atoms with Crippen LogP contribution < -0.4 is 0 Å². The van der Waals surface area contributed by atoms with Crippen LogP contribution in [0.2, 0.25) is 0 Å². The zero-order valence-electron chi connectivity index (χ0n) is 7.40. The summed E-state index contributed by atoms with van der Waals surface area (Å²) >= 11 is 3.40. The van der Waals surface area contributed by atoms with E-state index in [1.165, 1.54) is 0 Å². The molecule has 0 aromatic carbocycles. The molecule has 0 aliphatic rings. The van der Waals surface area contributed by atoms with Crippen molar-refractivity contribution in [3.8, 4) is 11.4 Å². The number of aromatic nitrogens is 4. The Labute approximate surface area is 84.4 Å². The van der Waals surface area contributed by atoms with E-state index in [9.17, 15) is 0 Å². The molecular weight excluding hydrogens is 232 g/mol. The van der Waals surface area contributed by atoms with Gasteiger partial charge in [-0.25, -0.2) is 9.97 Å². The summed E-state index contributed by atoms with van der Waals surface area (Å²) in [6.07, 6.45) is 5.36. The van der Waals surface area contributed by atoms with Crippen LogP contribution in [-0.4, -0.2) is 19.1 Å². The molecule has 0 spiro atoms. The summed E-state index contributed by atoms with van der Waals surface area (Å²) in [5.74, 6) is 0. The third kappa shape index (κ3) is 1.29. The van der Waals surface area contributed by atoms with Crippen LogP contribution in [0.25, 0.3) is 11.4 Å². The fraction of sp³-hybridized carbons (Fsp3) is 0.250. The quantitative estimate of drug-likeness (QED) is 0.759. The van der Waals surface area contributed by atoms with E-state index in [-0.39, 0.29) is 0 Å². The maximum atomic E-state index is 4.15. The topological polar surface area (TPSA) is 35.6 Å². The van der Waals surface area contributed by atoms with Crippen molar-refractivity contribution < 1.29 is 0 Å². The number of hydrogen-bond donors (Lipinski definition) is 0. The Morgan fingerprint density at radius 3 is 2.46 bits per heavy atom. The molecule has 0 radical (unpaired) electrons. The van der Waals surface area contributed by atoms with Crippen molar-refractivity contribution in [2.75, 3.05) is 0 Å². The average Bonchev–Trinajstić information content (AvgIpc) is 2.60. The van der Waals surface area contributed by atoms with Gasteiger partial charge >= 0.3 is 0 Å². The summed E-state index contributed by atoms with van der Waals surface area (Å²) in [4.78, 5) is 8.21. The lowest BCUT2D eigenvalue weighted by Crippen LogP contribution is -1.95. The SMILES string of the molecule is Cn1cncc1-c1c(Br)ncn1C. The van der Waals surface area contributed by atoms with E-state index in [2.05, 4.69) is 25.9 Å². The molecule has 0 bridgehead atoms. The predicted octanol–water partition coefficient (Wildman–Crippen LogP) is 1.58. The molecular formula is C8H9BrN4. The maximum Gasteiger partial charge on any atom is 0.133 e. The van der Waals surface area contributed by atoms with Crippen LogP contribution >= 0.6 is 15.9 Å². The van der Waals surface area contributed by atoms with E-state index in [1.54, 1.807) is 12.7 Å². The van der Waals surface area contributed by atoms with Crippen molar-refractivity contribution >= 4 is 15.9 Å². The first-order valence-corrected chi connectivity index (χ1v) is 4.63. The van der Waals surface area contributed by atoms with E-state index in [0.717, 1.165) is 16.0 Å². The van der Waals surface area contributed by atoms with E-state index in [0.29, 0.717) is 0 Å². The number of nitrogens with zero attached hydrogens (tertiary/aromatic N) is 4. The van der Waals surface area contributed by atoms with E-state index < -0.39 is 0 Å². The lowest BCUT2D eigenvalue weighted by atomic mass is 10.3. The lowest BCUT2D eigenvalue weighted by molar-refractivity contribution is 0.875. The highest BCUT2D eigenvalue weighted by Crippen LogP contribution is 2.25. The highest BCUT2D eigenvalue weighted by Gasteiger charge is 2.11. The average molecular weight is 241 g/mol. The van der Waals surface area contributed by atoms with Gasteiger partial charge in [0.2, 0.25) is 0 Å². The minimum absolute atomic E-state index is 0.846. The van der Waals surface area contributed by atoms with Crippen molar-refractivity contribution in [3.63, 3.8) is 0 Å². The van der Waals surface area contributed by atoms with Crippen LogP contribution in [0.5, 0.6) is 0 Å². The minimum Gasteiger partial charge on any atom is -0.332 e. The first kappa shape index (κ1) is 8.50. The molecule has 68 valence electrons. The minimum atomic E-state index is 0.846. The van der Waals surface area contributed by atoms with Gasteiger partial charge in [-0.05, 0) is 15.9 Å². The van der Waals surface area contributed by atoms with Gasteiger partial charge in [0, 0.05) is 14.1 Å². The van der Waals surface area contributed by atoms with Gasteiger partial charge in [0.25, 0.3) is 0 Å². The van der Waals surface area contributed by atoms with Gasteiger partial charge in [-0.1, -0.05) is 0 Å². The van der Waals surface area contributed by atoms with E-state index in [1.807, 2.05) is 29.4 Å². The van der Waals surface area contributed by atoms with Crippen molar-refractivity contribution in [1.82, 2.24) is 19.1 Å². The summed E-state index contributed by atoms with van der Waals surface area (Å²) in [5, 5.41) is 0. The molecule has 0 unspecified atom stereocenters. The lowest BCUT2D eigenvalue weighted by Gasteiger charge is -2.02. The molecule has 0 amide bonds. The molecule has 0 saturated heterocycles. The molecule has 4 nitrogen and oxygen atoms in total. The standard InChI is InChI=1S/C8H9BrN4/c1-12-4-10-3-6(12)7-8(9)11-5-13(7)2/h3-5H,1-2H3. The third-order valence-corrected chi connectivity index (χ3v) is 2.53. The highest BCUT2D eigenvalue weighted by atomic mass is 79.9. The zero-order chi connectivity index (χ0) is 9.42. The smallest absolute Gasteiger partial charge is 0.133 e. The van der Waals surface area contributed by atoms with Crippen molar-refractivity contribution in [2.24, 2.45) is 14.1 Å². The Balaban J connectivity index is 2.64. The Morgan fingerprint density at radius 1 is 1.23 bits per heavy atom. The normalized spacial score (nSPS) is 10.7. The van der Waals surface area contributed by atoms with Crippen LogP contribution in [0.1, 0.15) is 0 Å². The molecule has 0 N–H and O–H groups in total. The fourth-order valence-corrected chi connectivity index (χ4v) is 1.85. The predicted molar refractivity (Wildman–Crippen MR) is 53.1 cm³/mol. The van der Waals surface area contributed by atoms with Gasteiger partial charge in [0.1, 0.15) is 10.3 Å². The first-order valence-electron chi connectivity index (χ1n) is 3.83. The van der Waals surface area contributed by atoms with Gasteiger partial charge in [-0.15, -0.1) is 0 Å². The van der Waals surface area contributed by atoms with Crippen LogP contribution in [0.15, 0.2) is 23.5 Å². The molecule has 0 aliphatic carbocycles. The summed E-state index contributed by atoms with van der Waals surface area (Å²) in [6, 6.07) is 0. The van der Waals surface area contributed by atoms with Gasteiger partial charge in [0.05, 0.1) is 24.5 Å². The van der Waals surface area contributed by atoms with E-state index >= 15 is 0 Å². The fourth-order valence-electron chi connectivity index (χ4n) is 1.27. The molecule has 0 saturated carbocycles. The molecule has 13 heavy (non-hydrogen) atoms. The van der Waals surface area contributed by atoms with Crippen molar-refractivity contribution in [2.45, 2.75) is 0 Å². The molecule has 2 aromatic rings. The Morgan fingerprint density at radius 2 is 2.00 bits per heavy atom. The molecule has 5 heteroatoms. The van der Waals surface area contributed by atoms with Gasteiger partial charge in [0.15, 0.2) is 0 Å². The summed E-state index contributed by atoms with van der Waals surface area (Å²) in [6.45, 7) is 0. The van der Waals surface area contributed by atoms with Crippen LogP contribution in [-0.2, 0) is 14.1 Å². The zero-order valence-corrected chi connectivity index (χ0v) is 8.98. The van der Waals surface area contributed by atoms with Gasteiger partial charge in [-0.3, -0.25) is 0 Å². The van der Waals surface area contributed by atoms with Crippen LogP contribution in [0.3, 0.4) is 0 Å². The molecule has 0 atom stereocenters. The second-order valence-electron chi connectivity index (χ2n) is 2.88. The van der Waals surface area contributed by atoms with E-state index in [4.69, 9.17) is 0 Å². The summed E-state index contributed by atoms with van der Waals surface area (Å²) in [7, 11) is 3.92. The largest absolute Gasteiger partial charge is 0.332 e. The number of hydrogen-bond acceptors (Lipinski definition) is 2. The second-order valence-corrected chi connectivity index (χ2v) is 3.64. The van der Waals surface area contributed by atoms with Crippen LogP contribution in [0, 0.1) is 0 Å². The molecule has 2 aromatic heterocycles. The second kappa shape index (κ2) is 2.99. The Hall–Kier alpha value is -1.10. The molecule has 2 heterocycles. The Bertz CT molecular complexity index is 410. The summed E-state index contributed by atoms with van der Waals surface area (Å²) < 4.78 is 4.77. The third-order valence-electron chi connectivity index (χ3n) is 1.95. The number of aryl methyl sites for hydroxylation is 2. The number of imidazole rings is 2. The first-order chi connectivity index (χ1) is 6.20. The maximum absolute atomic E-state index is 4.15. The molecule has 2 rings (SSSR count).